The molecule has 7 aromatic rings. The summed E-state index contributed by atoms with van der Waals surface area (Å²) in [5.74, 6) is 1.76. The summed E-state index contributed by atoms with van der Waals surface area (Å²) in [4.78, 5) is 13.5. The number of pyridine rings is 2. The van der Waals surface area contributed by atoms with E-state index >= 15 is 0 Å². The van der Waals surface area contributed by atoms with Crippen LogP contribution in [-0.4, -0.2) is 21.6 Å². The molecule has 0 radical (unpaired) electrons. The second-order valence-corrected chi connectivity index (χ2v) is 12.6. The Morgan fingerprint density at radius 1 is 0.723 bits per heavy atom. The molecule has 7 heteroatoms. The van der Waals surface area contributed by atoms with Crippen LogP contribution in [0, 0.1) is 18.8 Å². The van der Waals surface area contributed by atoms with Crippen LogP contribution in [-0.2, 0) is 26.5 Å². The number of hydrogen-bond donors (Lipinski definition) is 0. The molecule has 0 saturated heterocycles. The molecule has 8 rings (SSSR count). The zero-order valence-electron chi connectivity index (χ0n) is 26.5. The molecule has 0 atom stereocenters. The first-order valence-corrected chi connectivity index (χ1v) is 15.4. The van der Waals surface area contributed by atoms with E-state index in [4.69, 9.17) is 9.72 Å². The third-order valence-electron chi connectivity index (χ3n) is 8.53. The van der Waals surface area contributed by atoms with Crippen molar-refractivity contribution in [2.75, 3.05) is 16.8 Å². The molecule has 0 bridgehead atoms. The van der Waals surface area contributed by atoms with Gasteiger partial charge in [-0.2, -0.15) is 30.6 Å². The first-order chi connectivity index (χ1) is 22.3. The molecule has 1 aliphatic rings. The molecular formula is C40H32N5OPt-3. The Morgan fingerprint density at radius 2 is 1.49 bits per heavy atom. The second kappa shape index (κ2) is 12.0. The van der Waals surface area contributed by atoms with Crippen molar-refractivity contribution in [3.05, 3.63) is 140 Å². The summed E-state index contributed by atoms with van der Waals surface area (Å²) in [7, 11) is 2.04. The van der Waals surface area contributed by atoms with Crippen molar-refractivity contribution in [2.45, 2.75) is 26.2 Å². The molecule has 0 aliphatic carbocycles. The number of hydrogen-bond acceptors (Lipinski definition) is 5. The van der Waals surface area contributed by atoms with Crippen LogP contribution in [0.1, 0.15) is 26.3 Å². The third-order valence-corrected chi connectivity index (χ3v) is 8.53. The summed E-state index contributed by atoms with van der Waals surface area (Å²) in [6.45, 7) is 8.70. The Balaban J connectivity index is 0.00000351. The van der Waals surface area contributed by atoms with Crippen LogP contribution in [0.4, 0.5) is 17.1 Å². The molecule has 0 saturated carbocycles. The minimum absolute atomic E-state index is 0. The minimum Gasteiger partial charge on any atom is -0.504 e. The number of nitrogens with zero attached hydrogens (tertiary/aromatic N) is 5. The number of aromatic nitrogens is 3. The van der Waals surface area contributed by atoms with Gasteiger partial charge < -0.3 is 19.1 Å². The number of rotatable bonds is 5. The Labute approximate surface area is 289 Å². The van der Waals surface area contributed by atoms with Gasteiger partial charge in [-0.15, -0.1) is 17.5 Å². The van der Waals surface area contributed by atoms with Crippen LogP contribution in [0.2, 0.25) is 0 Å². The maximum Gasteiger partial charge on any atom is 0.135 e. The zero-order chi connectivity index (χ0) is 31.4. The van der Waals surface area contributed by atoms with E-state index < -0.39 is 0 Å². The van der Waals surface area contributed by atoms with E-state index in [-0.39, 0.29) is 26.5 Å². The van der Waals surface area contributed by atoms with Crippen molar-refractivity contribution in [2.24, 2.45) is 0 Å². The Bertz CT molecular complexity index is 2240. The SMILES string of the molecule is CN1[CH-]N(c2[c-]c(Oc3[c-]c4c(cc3)c3cc(-c5ccccc5)ccc3n4-c3cc(C(C)(C)C)ccn3)ncc2)c2ccccc21.[Pt]. The number of para-hydroxylation sites is 2. The molecule has 236 valence electrons. The summed E-state index contributed by atoms with van der Waals surface area (Å²) in [5, 5.41) is 2.20. The van der Waals surface area contributed by atoms with Crippen LogP contribution in [0.15, 0.2) is 116 Å². The van der Waals surface area contributed by atoms with Crippen molar-refractivity contribution >= 4 is 38.9 Å². The van der Waals surface area contributed by atoms with Crippen LogP contribution in [0.3, 0.4) is 0 Å². The van der Waals surface area contributed by atoms with Crippen LogP contribution >= 0.6 is 0 Å². The molecule has 0 N–H and O–H groups in total. The fraction of sp³-hybridized carbons (Fsp3) is 0.125. The molecule has 4 heterocycles. The van der Waals surface area contributed by atoms with Crippen molar-refractivity contribution in [1.82, 2.24) is 14.5 Å². The smallest absolute Gasteiger partial charge is 0.135 e. The first-order valence-electron chi connectivity index (χ1n) is 15.4. The van der Waals surface area contributed by atoms with E-state index in [1.807, 2.05) is 50.2 Å². The van der Waals surface area contributed by atoms with Gasteiger partial charge in [0.2, 0.25) is 0 Å². The Kier molecular flexibility index (Phi) is 7.85. The van der Waals surface area contributed by atoms with Crippen LogP contribution in [0.25, 0.3) is 38.8 Å². The maximum atomic E-state index is 6.35. The zero-order valence-corrected chi connectivity index (χ0v) is 28.8. The van der Waals surface area contributed by atoms with Gasteiger partial charge in [0.15, 0.2) is 0 Å². The monoisotopic (exact) mass is 793 g/mol. The number of anilines is 3. The van der Waals surface area contributed by atoms with Crippen molar-refractivity contribution in [3.63, 3.8) is 0 Å². The van der Waals surface area contributed by atoms with Gasteiger partial charge in [0.05, 0.1) is 0 Å². The van der Waals surface area contributed by atoms with Gasteiger partial charge in [-0.1, -0.05) is 80.9 Å². The van der Waals surface area contributed by atoms with E-state index in [2.05, 4.69) is 125 Å². The second-order valence-electron chi connectivity index (χ2n) is 12.6. The van der Waals surface area contributed by atoms with Crippen molar-refractivity contribution in [1.29, 1.82) is 0 Å². The van der Waals surface area contributed by atoms with Gasteiger partial charge >= 0.3 is 0 Å². The molecule has 0 unspecified atom stereocenters. The summed E-state index contributed by atoms with van der Waals surface area (Å²) < 4.78 is 8.53. The predicted molar refractivity (Wildman–Crippen MR) is 186 cm³/mol. The topological polar surface area (TPSA) is 46.4 Å². The van der Waals surface area contributed by atoms with Gasteiger partial charge in [0, 0.05) is 49.9 Å². The molecule has 3 aromatic heterocycles. The van der Waals surface area contributed by atoms with E-state index in [9.17, 15) is 0 Å². The van der Waals surface area contributed by atoms with E-state index in [0.29, 0.717) is 11.6 Å². The van der Waals surface area contributed by atoms with Gasteiger partial charge in [-0.3, -0.25) is 4.98 Å². The summed E-state index contributed by atoms with van der Waals surface area (Å²) >= 11 is 0. The molecule has 0 amide bonds. The molecular weight excluding hydrogens is 762 g/mol. The van der Waals surface area contributed by atoms with Crippen molar-refractivity contribution in [3.8, 4) is 28.6 Å². The summed E-state index contributed by atoms with van der Waals surface area (Å²) in [5.41, 5.74) is 8.51. The predicted octanol–water partition coefficient (Wildman–Crippen LogP) is 9.64. The molecule has 0 fully saturated rings. The average molecular weight is 794 g/mol. The fourth-order valence-electron chi connectivity index (χ4n) is 6.15. The Morgan fingerprint density at radius 3 is 2.30 bits per heavy atom. The molecule has 4 aromatic carbocycles. The molecule has 6 nitrogen and oxygen atoms in total. The van der Waals surface area contributed by atoms with Crippen molar-refractivity contribution < 1.29 is 25.8 Å². The Hall–Kier alpha value is -4.93. The molecule has 1 aliphatic heterocycles. The van der Waals surface area contributed by atoms with Gasteiger partial charge in [0.1, 0.15) is 11.7 Å². The van der Waals surface area contributed by atoms with E-state index in [1.165, 1.54) is 11.1 Å². The normalized spacial score (nSPS) is 12.8. The van der Waals surface area contributed by atoms with Gasteiger partial charge in [-0.05, 0) is 71.1 Å². The molecule has 0 spiro atoms. The van der Waals surface area contributed by atoms with Gasteiger partial charge in [-0.25, -0.2) is 4.98 Å². The maximum absolute atomic E-state index is 6.35. The van der Waals surface area contributed by atoms with Crippen LogP contribution < -0.4 is 14.5 Å². The number of benzene rings is 4. The van der Waals surface area contributed by atoms with Gasteiger partial charge in [0.25, 0.3) is 0 Å². The number of ether oxygens (including phenoxy) is 1. The molecule has 47 heavy (non-hydrogen) atoms. The summed E-state index contributed by atoms with van der Waals surface area (Å²) in [6.07, 6.45) is 3.64. The minimum atomic E-state index is -0.0243. The van der Waals surface area contributed by atoms with E-state index in [0.717, 1.165) is 50.2 Å². The quantitative estimate of drug-likeness (QED) is 0.163. The largest absolute Gasteiger partial charge is 0.504 e. The summed E-state index contributed by atoms with van der Waals surface area (Å²) in [6, 6.07) is 42.5. The van der Waals surface area contributed by atoms with Crippen LogP contribution in [0.5, 0.6) is 11.6 Å². The third kappa shape index (κ3) is 5.57. The standard InChI is InChI=1S/C40H32N5O.Pt/c1-40(2,3)29-18-20-41-38(23-29)45-34-17-14-28(27-10-6-5-7-11-27)22-33(34)32-16-15-31(25-37(32)45)46-39-24-30(19-21-42-39)44-26-43(4)35-12-8-9-13-36(35)44;/h5-23,26H,1-4H3;/q-3;. The van der Waals surface area contributed by atoms with E-state index in [1.54, 1.807) is 6.20 Å². The first kappa shape index (κ1) is 30.7. The fourth-order valence-corrected chi connectivity index (χ4v) is 6.15. The average Bonchev–Trinajstić information content (AvgIpc) is 3.59. The number of fused-ring (bicyclic) bond motifs is 4.